The molecule has 4 saturated heterocycles. The van der Waals surface area contributed by atoms with Gasteiger partial charge in [-0.2, -0.15) is 0 Å². The Morgan fingerprint density at radius 3 is 1.65 bits per heavy atom. The normalized spacial score (nSPS) is 21.4. The van der Waals surface area contributed by atoms with Crippen molar-refractivity contribution in [3.63, 3.8) is 0 Å². The Hall–Kier alpha value is -2.90. The van der Waals surface area contributed by atoms with Gasteiger partial charge in [-0.05, 0) is 108 Å². The van der Waals surface area contributed by atoms with Crippen molar-refractivity contribution in [3.8, 4) is 0 Å². The number of benzene rings is 2. The highest BCUT2D eigenvalue weighted by atomic mass is 16.2. The average molecular weight is 546 g/mol. The summed E-state index contributed by atoms with van der Waals surface area (Å²) in [5.41, 5.74) is 2.92. The standard InChI is InChI=1S/C32H43N5O2.CH4/c38-31(36-20-12-27(13-21-36)34-16-4-5-17-34)25-10-11-29(30(24-25)33-26-8-2-1-3-9-26)32(39)37-22-14-28(15-23-37)35-18-6-7-19-35;/h1-3,8-11,24,27-28,33H,4-7,12-23H2;1H4. The molecule has 6 rings (SSSR count). The molecule has 4 aliphatic heterocycles. The Bertz CT molecular complexity index is 1130. The van der Waals surface area contributed by atoms with Crippen molar-refractivity contribution in [1.29, 1.82) is 0 Å². The quantitative estimate of drug-likeness (QED) is 0.522. The lowest BCUT2D eigenvalue weighted by Crippen LogP contribution is -2.46. The third kappa shape index (κ3) is 6.36. The van der Waals surface area contributed by atoms with E-state index in [2.05, 4.69) is 15.1 Å². The van der Waals surface area contributed by atoms with Crippen molar-refractivity contribution in [2.75, 3.05) is 57.7 Å². The molecule has 0 atom stereocenters. The van der Waals surface area contributed by atoms with Gasteiger partial charge in [0, 0.05) is 49.5 Å². The van der Waals surface area contributed by atoms with Crippen LogP contribution >= 0.6 is 0 Å². The molecule has 7 nitrogen and oxygen atoms in total. The van der Waals surface area contributed by atoms with Crippen LogP contribution in [0.1, 0.15) is 79.5 Å². The second-order valence-electron chi connectivity index (χ2n) is 11.8. The number of carbonyl (C=O) groups excluding carboxylic acids is 2. The van der Waals surface area contributed by atoms with E-state index >= 15 is 0 Å². The first kappa shape index (κ1) is 28.6. The lowest BCUT2D eigenvalue weighted by atomic mass is 10.00. The number of amides is 2. The zero-order valence-corrected chi connectivity index (χ0v) is 23.2. The summed E-state index contributed by atoms with van der Waals surface area (Å²) >= 11 is 0. The molecule has 0 aliphatic carbocycles. The van der Waals surface area contributed by atoms with E-state index in [1.807, 2.05) is 58.3 Å². The predicted octanol–water partition coefficient (Wildman–Crippen LogP) is 5.47. The van der Waals surface area contributed by atoms with Crippen LogP contribution in [0.2, 0.25) is 0 Å². The number of likely N-dealkylation sites (tertiary alicyclic amines) is 4. The molecule has 2 amide bonds. The van der Waals surface area contributed by atoms with E-state index in [9.17, 15) is 9.59 Å². The van der Waals surface area contributed by atoms with E-state index in [1.54, 1.807) is 0 Å². The third-order valence-corrected chi connectivity index (χ3v) is 9.37. The van der Waals surface area contributed by atoms with E-state index < -0.39 is 0 Å². The molecular formula is C33H47N5O2. The first-order chi connectivity index (χ1) is 19.2. The Balaban J connectivity index is 0.00000323. The highest BCUT2D eigenvalue weighted by Crippen LogP contribution is 2.28. The molecule has 0 spiro atoms. The molecular weight excluding hydrogens is 498 g/mol. The van der Waals surface area contributed by atoms with Crippen molar-refractivity contribution < 1.29 is 9.59 Å². The largest absolute Gasteiger partial charge is 0.355 e. The summed E-state index contributed by atoms with van der Waals surface area (Å²) in [6, 6.07) is 16.8. The Morgan fingerprint density at radius 2 is 1.12 bits per heavy atom. The van der Waals surface area contributed by atoms with Crippen LogP contribution < -0.4 is 5.32 Å². The number of piperidine rings is 2. The zero-order valence-electron chi connectivity index (χ0n) is 23.2. The van der Waals surface area contributed by atoms with Crippen molar-refractivity contribution >= 4 is 23.2 Å². The van der Waals surface area contributed by atoms with E-state index in [0.29, 0.717) is 28.9 Å². The molecule has 4 heterocycles. The Morgan fingerprint density at radius 1 is 0.625 bits per heavy atom. The van der Waals surface area contributed by atoms with Crippen LogP contribution in [0.25, 0.3) is 0 Å². The van der Waals surface area contributed by atoms with Gasteiger partial charge in [-0.25, -0.2) is 0 Å². The molecule has 216 valence electrons. The minimum atomic E-state index is 0. The van der Waals surface area contributed by atoms with Crippen molar-refractivity contribution in [2.45, 2.75) is 70.9 Å². The third-order valence-electron chi connectivity index (χ3n) is 9.37. The van der Waals surface area contributed by atoms with Crippen molar-refractivity contribution in [3.05, 3.63) is 59.7 Å². The zero-order chi connectivity index (χ0) is 26.6. The molecule has 0 radical (unpaired) electrons. The summed E-state index contributed by atoms with van der Waals surface area (Å²) in [5, 5.41) is 3.46. The molecule has 1 N–H and O–H groups in total. The molecule has 0 unspecified atom stereocenters. The summed E-state index contributed by atoms with van der Waals surface area (Å²) in [4.78, 5) is 36.5. The summed E-state index contributed by atoms with van der Waals surface area (Å²) < 4.78 is 0. The lowest BCUT2D eigenvalue weighted by molar-refractivity contribution is 0.0633. The molecule has 4 fully saturated rings. The molecule has 0 aromatic heterocycles. The van der Waals surface area contributed by atoms with E-state index in [4.69, 9.17) is 0 Å². The number of para-hydroxylation sites is 1. The Labute approximate surface area is 240 Å². The van der Waals surface area contributed by atoms with Crippen LogP contribution in [0.5, 0.6) is 0 Å². The fraction of sp³-hybridized carbons (Fsp3) is 0.576. The first-order valence-electron chi connectivity index (χ1n) is 15.2. The molecule has 2 aromatic carbocycles. The fourth-order valence-corrected chi connectivity index (χ4v) is 7.08. The molecule has 40 heavy (non-hydrogen) atoms. The smallest absolute Gasteiger partial charge is 0.255 e. The molecule has 4 aliphatic rings. The number of rotatable bonds is 6. The van der Waals surface area contributed by atoms with Gasteiger partial charge in [0.15, 0.2) is 0 Å². The van der Waals surface area contributed by atoms with Crippen LogP contribution in [0.15, 0.2) is 48.5 Å². The maximum absolute atomic E-state index is 13.8. The maximum atomic E-state index is 13.8. The minimum Gasteiger partial charge on any atom is -0.355 e. The lowest BCUT2D eigenvalue weighted by Gasteiger charge is -2.37. The van der Waals surface area contributed by atoms with Crippen LogP contribution in [0, 0.1) is 0 Å². The van der Waals surface area contributed by atoms with E-state index in [-0.39, 0.29) is 19.2 Å². The van der Waals surface area contributed by atoms with Crippen molar-refractivity contribution in [2.24, 2.45) is 0 Å². The van der Waals surface area contributed by atoms with Crippen LogP contribution in [0.3, 0.4) is 0 Å². The Kier molecular flexibility index (Phi) is 9.43. The van der Waals surface area contributed by atoms with Gasteiger partial charge in [0.2, 0.25) is 0 Å². The first-order valence-corrected chi connectivity index (χ1v) is 15.2. The van der Waals surface area contributed by atoms with Gasteiger partial charge in [-0.1, -0.05) is 25.6 Å². The molecule has 7 heteroatoms. The van der Waals surface area contributed by atoms with Gasteiger partial charge < -0.3 is 24.9 Å². The van der Waals surface area contributed by atoms with Gasteiger partial charge in [-0.15, -0.1) is 0 Å². The molecule has 0 saturated carbocycles. The van der Waals surface area contributed by atoms with Crippen molar-refractivity contribution in [1.82, 2.24) is 19.6 Å². The predicted molar refractivity (Wildman–Crippen MR) is 162 cm³/mol. The monoisotopic (exact) mass is 545 g/mol. The topological polar surface area (TPSA) is 59.1 Å². The van der Waals surface area contributed by atoms with E-state index in [0.717, 1.165) is 57.5 Å². The van der Waals surface area contributed by atoms with Gasteiger partial charge in [0.05, 0.1) is 11.3 Å². The molecule has 0 bridgehead atoms. The SMILES string of the molecule is C.O=C(c1ccc(C(=O)N2CCC(N3CCCC3)CC2)c(Nc2ccccc2)c1)N1CCC(N2CCCC2)CC1. The second kappa shape index (κ2) is 13.2. The van der Waals surface area contributed by atoms with Gasteiger partial charge in [0.25, 0.3) is 11.8 Å². The number of nitrogens with one attached hydrogen (secondary N) is 1. The van der Waals surface area contributed by atoms with Crippen LogP contribution in [-0.4, -0.2) is 95.9 Å². The summed E-state index contributed by atoms with van der Waals surface area (Å²) in [6.45, 7) is 8.00. The van der Waals surface area contributed by atoms with Crippen LogP contribution in [0.4, 0.5) is 11.4 Å². The summed E-state index contributed by atoms with van der Waals surface area (Å²) in [6.07, 6.45) is 9.38. The highest BCUT2D eigenvalue weighted by Gasteiger charge is 2.31. The average Bonchev–Trinajstić information content (AvgIpc) is 3.73. The highest BCUT2D eigenvalue weighted by molar-refractivity contribution is 6.03. The summed E-state index contributed by atoms with van der Waals surface area (Å²) in [5.74, 6) is 0.120. The summed E-state index contributed by atoms with van der Waals surface area (Å²) in [7, 11) is 0. The van der Waals surface area contributed by atoms with E-state index in [1.165, 1.54) is 51.9 Å². The number of nitrogens with zero attached hydrogens (tertiary/aromatic N) is 4. The number of hydrogen-bond donors (Lipinski definition) is 1. The fourth-order valence-electron chi connectivity index (χ4n) is 7.08. The van der Waals surface area contributed by atoms with Gasteiger partial charge >= 0.3 is 0 Å². The maximum Gasteiger partial charge on any atom is 0.255 e. The van der Waals surface area contributed by atoms with Gasteiger partial charge in [-0.3, -0.25) is 9.59 Å². The second-order valence-corrected chi connectivity index (χ2v) is 11.8. The van der Waals surface area contributed by atoms with Gasteiger partial charge in [0.1, 0.15) is 0 Å². The van der Waals surface area contributed by atoms with Crippen LogP contribution in [-0.2, 0) is 0 Å². The minimum absolute atomic E-state index is 0. The number of hydrogen-bond acceptors (Lipinski definition) is 5. The number of anilines is 2. The number of carbonyl (C=O) groups is 2. The molecule has 2 aromatic rings.